The molecule has 2 atom stereocenters. The first-order chi connectivity index (χ1) is 17.5. The van der Waals surface area contributed by atoms with Gasteiger partial charge in [-0.05, 0) is 37.1 Å². The number of carboxylic acid groups (broad SMARTS) is 1. The molecule has 1 aliphatic heterocycles. The Bertz CT molecular complexity index is 1530. The number of halogens is 2. The van der Waals surface area contributed by atoms with Gasteiger partial charge in [0.25, 0.3) is 0 Å². The topological polar surface area (TPSA) is 98.6 Å². The van der Waals surface area contributed by atoms with Crippen LogP contribution in [0.1, 0.15) is 44.4 Å². The van der Waals surface area contributed by atoms with Gasteiger partial charge in [-0.25, -0.2) is 13.6 Å². The number of benzene rings is 2. The molecule has 5 rings (SSSR count). The van der Waals surface area contributed by atoms with Gasteiger partial charge in [-0.1, -0.05) is 13.8 Å². The van der Waals surface area contributed by atoms with E-state index < -0.39 is 34.5 Å². The molecule has 0 spiro atoms. The van der Waals surface area contributed by atoms with Gasteiger partial charge in [0.05, 0.1) is 32.0 Å². The first-order valence-corrected chi connectivity index (χ1v) is 11.9. The van der Waals surface area contributed by atoms with Crippen molar-refractivity contribution in [3.8, 4) is 11.4 Å². The molecule has 2 aromatic carbocycles. The fourth-order valence-electron chi connectivity index (χ4n) is 5.59. The van der Waals surface area contributed by atoms with Crippen molar-refractivity contribution in [3.05, 3.63) is 53.4 Å². The maximum atomic E-state index is 16.3. The molecular weight excluding hydrogens is 484 g/mol. The molecule has 2 N–H and O–H groups in total. The van der Waals surface area contributed by atoms with Crippen LogP contribution in [0.3, 0.4) is 0 Å². The molecule has 0 bridgehead atoms. The van der Waals surface area contributed by atoms with E-state index in [9.17, 15) is 14.3 Å². The van der Waals surface area contributed by atoms with Gasteiger partial charge >= 0.3 is 5.97 Å². The van der Waals surface area contributed by atoms with Crippen LogP contribution in [0.15, 0.2) is 30.5 Å². The van der Waals surface area contributed by atoms with Gasteiger partial charge < -0.3 is 23.9 Å². The molecule has 10 heteroatoms. The minimum Gasteiger partial charge on any atom is -0.494 e. The van der Waals surface area contributed by atoms with E-state index >= 15 is 4.39 Å². The Morgan fingerprint density at radius 2 is 2.08 bits per heavy atom. The van der Waals surface area contributed by atoms with Crippen LogP contribution in [0, 0.1) is 11.6 Å². The van der Waals surface area contributed by atoms with E-state index in [-0.39, 0.29) is 24.3 Å². The number of nitrogens with zero attached hydrogens (tertiary/aromatic N) is 2. The Labute approximate surface area is 212 Å². The van der Waals surface area contributed by atoms with Crippen LogP contribution in [0.4, 0.5) is 8.78 Å². The van der Waals surface area contributed by atoms with Crippen LogP contribution < -0.4 is 4.74 Å². The van der Waals surface area contributed by atoms with Crippen molar-refractivity contribution in [2.75, 3.05) is 27.4 Å². The van der Waals surface area contributed by atoms with E-state index in [4.69, 9.17) is 14.2 Å². The Balaban J connectivity index is 1.93. The molecule has 1 aliphatic rings. The number of nitrogens with one attached hydrogen (secondary N) is 1. The molecule has 0 unspecified atom stereocenters. The molecule has 0 radical (unpaired) electrons. The van der Waals surface area contributed by atoms with Crippen LogP contribution in [0.2, 0.25) is 0 Å². The molecule has 0 saturated carbocycles. The van der Waals surface area contributed by atoms with Crippen molar-refractivity contribution in [1.82, 2.24) is 14.8 Å². The summed E-state index contributed by atoms with van der Waals surface area (Å²) in [5.74, 6) is -2.47. The summed E-state index contributed by atoms with van der Waals surface area (Å²) in [4.78, 5) is 12.0. The Morgan fingerprint density at radius 1 is 1.32 bits per heavy atom. The number of carboxylic acids is 1. The Hall–Kier alpha value is -3.50. The third kappa shape index (κ3) is 3.86. The number of fused-ring (bicyclic) bond motifs is 2. The lowest BCUT2D eigenvalue weighted by molar-refractivity contribution is -0.157. The molecule has 37 heavy (non-hydrogen) atoms. The molecule has 2 aromatic heterocycles. The second kappa shape index (κ2) is 8.81. The molecule has 3 heterocycles. The van der Waals surface area contributed by atoms with Crippen molar-refractivity contribution < 1.29 is 32.9 Å². The van der Waals surface area contributed by atoms with Gasteiger partial charge in [-0.15, -0.1) is 0 Å². The number of H-pyrrole nitrogens is 1. The highest BCUT2D eigenvalue weighted by molar-refractivity contribution is 6.00. The van der Waals surface area contributed by atoms with Gasteiger partial charge in [0.15, 0.2) is 23.0 Å². The Kier molecular flexibility index (Phi) is 5.99. The summed E-state index contributed by atoms with van der Waals surface area (Å²) in [6.07, 6.45) is 1.70. The zero-order chi connectivity index (χ0) is 26.7. The molecule has 4 aromatic rings. The molecule has 0 amide bonds. The summed E-state index contributed by atoms with van der Waals surface area (Å²) < 4.78 is 49.2. The number of rotatable bonds is 7. The van der Waals surface area contributed by atoms with E-state index in [1.165, 1.54) is 20.1 Å². The lowest BCUT2D eigenvalue weighted by Gasteiger charge is -2.29. The van der Waals surface area contributed by atoms with E-state index in [0.29, 0.717) is 34.1 Å². The monoisotopic (exact) mass is 513 g/mol. The summed E-state index contributed by atoms with van der Waals surface area (Å²) in [7, 11) is 2.97. The van der Waals surface area contributed by atoms with E-state index in [1.54, 1.807) is 25.4 Å². The predicted molar refractivity (Wildman–Crippen MR) is 134 cm³/mol. The smallest absolute Gasteiger partial charge is 0.335 e. The number of ether oxygens (including phenoxy) is 3. The van der Waals surface area contributed by atoms with Crippen LogP contribution >= 0.6 is 0 Å². The van der Waals surface area contributed by atoms with E-state index in [1.807, 2.05) is 24.5 Å². The average molecular weight is 514 g/mol. The number of aromatic nitrogens is 3. The lowest BCUT2D eigenvalue weighted by Crippen LogP contribution is -2.34. The molecular formula is C27H29F2N3O5. The summed E-state index contributed by atoms with van der Waals surface area (Å²) in [6, 6.07) is 6.31. The van der Waals surface area contributed by atoms with Gasteiger partial charge in [0, 0.05) is 46.7 Å². The highest BCUT2D eigenvalue weighted by atomic mass is 19.1. The zero-order valence-corrected chi connectivity index (χ0v) is 21.3. The number of aromatic amines is 1. The highest BCUT2D eigenvalue weighted by Crippen LogP contribution is 2.48. The maximum Gasteiger partial charge on any atom is 0.335 e. The van der Waals surface area contributed by atoms with E-state index in [0.717, 1.165) is 5.69 Å². The quantitative estimate of drug-likeness (QED) is 0.358. The summed E-state index contributed by atoms with van der Waals surface area (Å²) in [5, 5.41) is 17.5. The fraction of sp³-hybridized carbons (Fsp3) is 0.407. The number of aliphatic carboxylic acids is 1. The van der Waals surface area contributed by atoms with Crippen molar-refractivity contribution >= 4 is 27.8 Å². The van der Waals surface area contributed by atoms with Crippen molar-refractivity contribution in [1.29, 1.82) is 0 Å². The third-order valence-corrected chi connectivity index (χ3v) is 7.28. The second-order valence-corrected chi connectivity index (χ2v) is 10.4. The normalized spacial score (nSPS) is 20.2. The van der Waals surface area contributed by atoms with Crippen molar-refractivity contribution in [2.24, 2.45) is 0 Å². The van der Waals surface area contributed by atoms with E-state index in [2.05, 4.69) is 10.2 Å². The summed E-state index contributed by atoms with van der Waals surface area (Å²) in [6.45, 7) is 5.87. The summed E-state index contributed by atoms with van der Waals surface area (Å²) >= 11 is 0. The lowest BCUT2D eigenvalue weighted by atomic mass is 9.80. The first-order valence-electron chi connectivity index (χ1n) is 11.9. The minimum absolute atomic E-state index is 0.0453. The number of hydrogen-bond acceptors (Lipinski definition) is 5. The molecule has 8 nitrogen and oxygen atoms in total. The van der Waals surface area contributed by atoms with Crippen LogP contribution in [0.25, 0.3) is 27.5 Å². The molecule has 196 valence electrons. The maximum absolute atomic E-state index is 16.3. The fourth-order valence-corrected chi connectivity index (χ4v) is 5.59. The highest BCUT2D eigenvalue weighted by Gasteiger charge is 2.46. The zero-order valence-electron chi connectivity index (χ0n) is 21.3. The van der Waals surface area contributed by atoms with Crippen molar-refractivity contribution in [3.63, 3.8) is 0 Å². The largest absolute Gasteiger partial charge is 0.494 e. The SMILES string of the molecule is COCC(C)(C)c1c([C@@H]2CO[C@@](C)(C(=O)O)C2)c2c(F)c3[nH]ncc3cc2n1-c1ccc(F)c(OC)c1. The average Bonchev–Trinajstić information content (AvgIpc) is 3.56. The van der Waals surface area contributed by atoms with Crippen LogP contribution in [-0.2, 0) is 19.7 Å². The number of carbonyl (C=O) groups is 1. The van der Waals surface area contributed by atoms with Gasteiger partial charge in [-0.2, -0.15) is 5.10 Å². The first kappa shape index (κ1) is 25.2. The second-order valence-electron chi connectivity index (χ2n) is 10.4. The standard InChI is InChI=1S/C27H29F2N3O5/c1-26(2,13-35-4)24-20(15-10-27(3,25(33)34)37-12-15)21-18(8-14-11-30-31-23(14)22(21)29)32(24)16-6-7-17(28)19(9-16)36-5/h6-9,11,15H,10,12-13H2,1-5H3,(H,30,31)(H,33,34)/t15-,27+/m0/s1. The van der Waals surface area contributed by atoms with Gasteiger partial charge in [0.2, 0.25) is 0 Å². The Morgan fingerprint density at radius 3 is 2.73 bits per heavy atom. The number of methoxy groups -OCH3 is 2. The van der Waals surface area contributed by atoms with Gasteiger partial charge in [-0.3, -0.25) is 5.10 Å². The van der Waals surface area contributed by atoms with Crippen LogP contribution in [0.5, 0.6) is 5.75 Å². The van der Waals surface area contributed by atoms with Gasteiger partial charge in [0.1, 0.15) is 5.52 Å². The predicted octanol–water partition coefficient (Wildman–Crippen LogP) is 5.06. The number of hydrogen-bond donors (Lipinski definition) is 2. The molecule has 1 fully saturated rings. The third-order valence-electron chi connectivity index (χ3n) is 7.28. The van der Waals surface area contributed by atoms with Crippen LogP contribution in [-0.4, -0.2) is 58.9 Å². The minimum atomic E-state index is -1.41. The molecule has 1 saturated heterocycles. The van der Waals surface area contributed by atoms with Crippen molar-refractivity contribution in [2.45, 2.75) is 44.1 Å². The summed E-state index contributed by atoms with van der Waals surface area (Å²) in [5.41, 5.74) is 0.647. The molecule has 0 aliphatic carbocycles.